The SMILES string of the molecule is CCS/C=C/C(=O)NC(C)(C)C. The molecular weight excluding hydrogens is 170 g/mol. The molecule has 70 valence electrons. The quantitative estimate of drug-likeness (QED) is 0.686. The van der Waals surface area contributed by atoms with Crippen molar-refractivity contribution >= 4 is 17.7 Å². The van der Waals surface area contributed by atoms with Crippen molar-refractivity contribution in [1.29, 1.82) is 0 Å². The van der Waals surface area contributed by atoms with Crippen molar-refractivity contribution in [2.24, 2.45) is 0 Å². The van der Waals surface area contributed by atoms with Crippen LogP contribution in [0.25, 0.3) is 0 Å². The Labute approximate surface area is 78.8 Å². The van der Waals surface area contributed by atoms with Crippen LogP contribution < -0.4 is 5.32 Å². The summed E-state index contributed by atoms with van der Waals surface area (Å²) < 4.78 is 0. The number of amides is 1. The van der Waals surface area contributed by atoms with Gasteiger partial charge in [-0.1, -0.05) is 6.92 Å². The summed E-state index contributed by atoms with van der Waals surface area (Å²) in [5, 5.41) is 4.66. The Hall–Kier alpha value is -0.440. The van der Waals surface area contributed by atoms with Crippen LogP contribution in [0.5, 0.6) is 0 Å². The fraction of sp³-hybridized carbons (Fsp3) is 0.667. The van der Waals surface area contributed by atoms with Gasteiger partial charge in [0.15, 0.2) is 0 Å². The zero-order chi connectivity index (χ0) is 9.61. The van der Waals surface area contributed by atoms with E-state index in [1.165, 1.54) is 0 Å². The van der Waals surface area contributed by atoms with Gasteiger partial charge in [0.1, 0.15) is 0 Å². The van der Waals surface area contributed by atoms with Crippen molar-refractivity contribution in [3.05, 3.63) is 11.5 Å². The van der Waals surface area contributed by atoms with Crippen LogP contribution in [0.1, 0.15) is 27.7 Å². The third kappa shape index (κ3) is 7.66. The van der Waals surface area contributed by atoms with E-state index in [1.54, 1.807) is 17.8 Å². The van der Waals surface area contributed by atoms with Gasteiger partial charge in [-0.2, -0.15) is 0 Å². The molecule has 0 aliphatic rings. The first kappa shape index (κ1) is 11.6. The summed E-state index contributed by atoms with van der Waals surface area (Å²) in [7, 11) is 0. The van der Waals surface area contributed by atoms with Gasteiger partial charge in [-0.05, 0) is 31.9 Å². The molecule has 0 aliphatic heterocycles. The van der Waals surface area contributed by atoms with Crippen molar-refractivity contribution in [3.63, 3.8) is 0 Å². The van der Waals surface area contributed by atoms with Crippen molar-refractivity contribution in [1.82, 2.24) is 5.32 Å². The summed E-state index contributed by atoms with van der Waals surface area (Å²) in [5.41, 5.74) is -0.141. The number of carbonyl (C=O) groups is 1. The Morgan fingerprint density at radius 3 is 2.50 bits per heavy atom. The van der Waals surface area contributed by atoms with Crippen LogP contribution in [0.3, 0.4) is 0 Å². The van der Waals surface area contributed by atoms with E-state index in [9.17, 15) is 4.79 Å². The molecule has 0 saturated heterocycles. The first-order valence-corrected chi connectivity index (χ1v) is 5.11. The minimum Gasteiger partial charge on any atom is -0.348 e. The van der Waals surface area contributed by atoms with Gasteiger partial charge < -0.3 is 5.32 Å². The van der Waals surface area contributed by atoms with Crippen LogP contribution in [-0.4, -0.2) is 17.2 Å². The van der Waals surface area contributed by atoms with E-state index in [2.05, 4.69) is 12.2 Å². The molecule has 12 heavy (non-hydrogen) atoms. The second-order valence-corrected chi connectivity index (χ2v) is 4.68. The van der Waals surface area contributed by atoms with Crippen LogP contribution in [0.2, 0.25) is 0 Å². The summed E-state index contributed by atoms with van der Waals surface area (Å²) in [4.78, 5) is 11.1. The van der Waals surface area contributed by atoms with Crippen molar-refractivity contribution in [3.8, 4) is 0 Å². The molecule has 3 heteroatoms. The van der Waals surface area contributed by atoms with Gasteiger partial charge >= 0.3 is 0 Å². The first-order valence-electron chi connectivity index (χ1n) is 4.06. The number of hydrogen-bond acceptors (Lipinski definition) is 2. The van der Waals surface area contributed by atoms with E-state index in [-0.39, 0.29) is 11.4 Å². The lowest BCUT2D eigenvalue weighted by Crippen LogP contribution is -2.39. The molecule has 2 nitrogen and oxygen atoms in total. The zero-order valence-corrected chi connectivity index (χ0v) is 8.99. The van der Waals surface area contributed by atoms with E-state index in [4.69, 9.17) is 0 Å². The summed E-state index contributed by atoms with van der Waals surface area (Å²) in [5.74, 6) is 0.975. The largest absolute Gasteiger partial charge is 0.348 e. The van der Waals surface area contributed by atoms with Gasteiger partial charge in [0, 0.05) is 11.6 Å². The molecule has 1 N–H and O–H groups in total. The standard InChI is InChI=1S/C9H17NOS/c1-5-12-7-6-8(11)10-9(2,3)4/h6-7H,5H2,1-4H3,(H,10,11)/b7-6+. The van der Waals surface area contributed by atoms with Crippen molar-refractivity contribution < 1.29 is 4.79 Å². The third-order valence-corrected chi connectivity index (χ3v) is 1.64. The maximum atomic E-state index is 11.1. The Balaban J connectivity index is 3.75. The normalized spacial score (nSPS) is 12.0. The summed E-state index contributed by atoms with van der Waals surface area (Å²) in [6.07, 6.45) is 1.57. The zero-order valence-electron chi connectivity index (χ0n) is 8.18. The molecule has 0 aliphatic carbocycles. The van der Waals surface area contributed by atoms with Gasteiger partial charge in [-0.3, -0.25) is 4.79 Å². The monoisotopic (exact) mass is 187 g/mol. The third-order valence-electron chi connectivity index (χ3n) is 0.981. The van der Waals surface area contributed by atoms with Crippen molar-refractivity contribution in [2.45, 2.75) is 33.2 Å². The molecule has 0 heterocycles. The maximum absolute atomic E-state index is 11.1. The molecule has 0 saturated carbocycles. The number of hydrogen-bond donors (Lipinski definition) is 1. The average molecular weight is 187 g/mol. The van der Waals surface area contributed by atoms with Crippen LogP contribution >= 0.6 is 11.8 Å². The van der Waals surface area contributed by atoms with E-state index < -0.39 is 0 Å². The molecule has 0 spiro atoms. The lowest BCUT2D eigenvalue weighted by atomic mass is 10.1. The molecule has 0 fully saturated rings. The molecule has 0 unspecified atom stereocenters. The fourth-order valence-corrected chi connectivity index (χ4v) is 1.03. The maximum Gasteiger partial charge on any atom is 0.244 e. The predicted molar refractivity (Wildman–Crippen MR) is 55.2 cm³/mol. The van der Waals surface area contributed by atoms with E-state index in [1.807, 2.05) is 26.2 Å². The highest BCUT2D eigenvalue weighted by molar-refractivity contribution is 8.02. The second kappa shape index (κ2) is 5.25. The summed E-state index contributed by atoms with van der Waals surface area (Å²) in [6, 6.07) is 0. The number of nitrogens with one attached hydrogen (secondary N) is 1. The Kier molecular flexibility index (Phi) is 5.06. The molecule has 0 atom stereocenters. The Morgan fingerprint density at radius 2 is 2.08 bits per heavy atom. The summed E-state index contributed by atoms with van der Waals surface area (Å²) in [6.45, 7) is 7.94. The highest BCUT2D eigenvalue weighted by Crippen LogP contribution is 2.01. The van der Waals surface area contributed by atoms with Gasteiger partial charge in [0.25, 0.3) is 0 Å². The lowest BCUT2D eigenvalue weighted by molar-refractivity contribution is -0.117. The van der Waals surface area contributed by atoms with E-state index in [0.29, 0.717) is 0 Å². The van der Waals surface area contributed by atoms with Gasteiger partial charge in [0.05, 0.1) is 0 Å². The van der Waals surface area contributed by atoms with Crippen LogP contribution in [-0.2, 0) is 4.79 Å². The van der Waals surface area contributed by atoms with Crippen LogP contribution in [0.15, 0.2) is 11.5 Å². The highest BCUT2D eigenvalue weighted by Gasteiger charge is 2.10. The topological polar surface area (TPSA) is 29.1 Å². The molecule has 0 aromatic heterocycles. The smallest absolute Gasteiger partial charge is 0.244 e. The molecule has 0 aromatic rings. The molecule has 0 rings (SSSR count). The predicted octanol–water partition coefficient (Wildman–Crippen LogP) is 2.17. The Morgan fingerprint density at radius 1 is 1.50 bits per heavy atom. The van der Waals surface area contributed by atoms with Gasteiger partial charge in [-0.15, -0.1) is 11.8 Å². The van der Waals surface area contributed by atoms with Crippen molar-refractivity contribution in [2.75, 3.05) is 5.75 Å². The number of rotatable bonds is 3. The first-order chi connectivity index (χ1) is 5.45. The minimum atomic E-state index is -0.141. The number of carbonyl (C=O) groups excluding carboxylic acids is 1. The van der Waals surface area contributed by atoms with Gasteiger partial charge in [0.2, 0.25) is 5.91 Å². The Bertz CT molecular complexity index is 170. The van der Waals surface area contributed by atoms with Crippen LogP contribution in [0, 0.1) is 0 Å². The molecule has 0 radical (unpaired) electrons. The van der Waals surface area contributed by atoms with Crippen LogP contribution in [0.4, 0.5) is 0 Å². The summed E-state index contributed by atoms with van der Waals surface area (Å²) >= 11 is 1.62. The van der Waals surface area contributed by atoms with Gasteiger partial charge in [-0.25, -0.2) is 0 Å². The lowest BCUT2D eigenvalue weighted by Gasteiger charge is -2.18. The fourth-order valence-electron chi connectivity index (χ4n) is 0.617. The second-order valence-electron chi connectivity index (χ2n) is 3.50. The van der Waals surface area contributed by atoms with E-state index in [0.717, 1.165) is 5.75 Å². The number of thioether (sulfide) groups is 1. The molecule has 0 bridgehead atoms. The molecule has 0 aromatic carbocycles. The average Bonchev–Trinajstić information content (AvgIpc) is 1.84. The van der Waals surface area contributed by atoms with E-state index >= 15 is 0 Å². The molecule has 1 amide bonds. The highest BCUT2D eigenvalue weighted by atomic mass is 32.2. The molecular formula is C9H17NOS. The minimum absolute atomic E-state index is 0.0246.